The molecule has 0 spiro atoms. The topological polar surface area (TPSA) is 88.5 Å². The largest absolute Gasteiger partial charge is 0.478 e. The predicted molar refractivity (Wildman–Crippen MR) is 76.8 cm³/mol. The number of pyridine rings is 1. The molecule has 0 radical (unpaired) electrons. The van der Waals surface area contributed by atoms with Gasteiger partial charge in [0.25, 0.3) is 5.91 Å². The quantitative estimate of drug-likeness (QED) is 0.881. The van der Waals surface area contributed by atoms with Gasteiger partial charge in [-0.25, -0.2) is 9.78 Å². The van der Waals surface area contributed by atoms with Crippen molar-refractivity contribution < 1.29 is 19.4 Å². The van der Waals surface area contributed by atoms with Gasteiger partial charge in [-0.05, 0) is 37.3 Å². The molecule has 1 heterocycles. The molecule has 2 aromatic rings. The molecule has 6 heteroatoms. The summed E-state index contributed by atoms with van der Waals surface area (Å²) in [5.74, 6) is -0.878. The molecule has 108 valence electrons. The van der Waals surface area contributed by atoms with Crippen molar-refractivity contribution in [3.8, 4) is 5.88 Å². The van der Waals surface area contributed by atoms with Gasteiger partial charge in [0.05, 0.1) is 24.1 Å². The lowest BCUT2D eigenvalue weighted by molar-refractivity contribution is 0.0696. The van der Waals surface area contributed by atoms with Crippen molar-refractivity contribution in [2.75, 3.05) is 11.9 Å². The van der Waals surface area contributed by atoms with Crippen molar-refractivity contribution in [3.05, 3.63) is 53.7 Å². The number of benzene rings is 1. The lowest BCUT2D eigenvalue weighted by Crippen LogP contribution is -2.12. The molecule has 1 amide bonds. The van der Waals surface area contributed by atoms with Crippen LogP contribution in [0.15, 0.2) is 42.6 Å². The zero-order chi connectivity index (χ0) is 15.2. The number of rotatable bonds is 5. The zero-order valence-electron chi connectivity index (χ0n) is 11.4. The fraction of sp³-hybridized carbons (Fsp3) is 0.133. The molecule has 0 saturated heterocycles. The van der Waals surface area contributed by atoms with Crippen LogP contribution in [0.4, 0.5) is 5.69 Å². The summed E-state index contributed by atoms with van der Waals surface area (Å²) >= 11 is 0. The minimum Gasteiger partial charge on any atom is -0.478 e. The maximum Gasteiger partial charge on any atom is 0.335 e. The number of ether oxygens (including phenoxy) is 1. The summed E-state index contributed by atoms with van der Waals surface area (Å²) in [5.41, 5.74) is 1.04. The summed E-state index contributed by atoms with van der Waals surface area (Å²) in [6.45, 7) is 2.38. The SMILES string of the molecule is CCOc1ccc(NC(=O)c2ccc(C(=O)O)cc2)cn1. The van der Waals surface area contributed by atoms with Gasteiger partial charge in [0, 0.05) is 11.6 Å². The van der Waals surface area contributed by atoms with Crippen LogP contribution in [0.2, 0.25) is 0 Å². The van der Waals surface area contributed by atoms with Crippen LogP contribution in [0.5, 0.6) is 5.88 Å². The molecule has 1 aromatic heterocycles. The van der Waals surface area contributed by atoms with Gasteiger partial charge in [0.1, 0.15) is 0 Å². The number of anilines is 1. The third-order valence-corrected chi connectivity index (χ3v) is 2.68. The molecule has 21 heavy (non-hydrogen) atoms. The second kappa shape index (κ2) is 6.51. The molecule has 2 rings (SSSR count). The van der Waals surface area contributed by atoms with Gasteiger partial charge in [0.2, 0.25) is 5.88 Å². The van der Waals surface area contributed by atoms with Crippen LogP contribution in [0.3, 0.4) is 0 Å². The van der Waals surface area contributed by atoms with Gasteiger partial charge in [-0.1, -0.05) is 0 Å². The molecule has 1 aromatic carbocycles. The van der Waals surface area contributed by atoms with Gasteiger partial charge in [-0.15, -0.1) is 0 Å². The summed E-state index contributed by atoms with van der Waals surface area (Å²) in [5, 5.41) is 11.5. The molecular weight excluding hydrogens is 272 g/mol. The van der Waals surface area contributed by atoms with E-state index in [9.17, 15) is 9.59 Å². The zero-order valence-corrected chi connectivity index (χ0v) is 11.4. The molecule has 2 N–H and O–H groups in total. The number of carboxylic acids is 1. The molecule has 0 aliphatic carbocycles. The minimum absolute atomic E-state index is 0.134. The van der Waals surface area contributed by atoms with Gasteiger partial charge in [0.15, 0.2) is 0 Å². The standard InChI is InChI=1S/C15H14N2O4/c1-2-21-13-8-7-12(9-16-13)17-14(18)10-3-5-11(6-4-10)15(19)20/h3-9H,2H2,1H3,(H,17,18)(H,19,20). The normalized spacial score (nSPS) is 9.95. The molecular formula is C15H14N2O4. The summed E-state index contributed by atoms with van der Waals surface area (Å²) in [6, 6.07) is 9.02. The van der Waals surface area contributed by atoms with E-state index in [-0.39, 0.29) is 11.5 Å². The Hall–Kier alpha value is -2.89. The molecule has 0 aliphatic heterocycles. The molecule has 0 bridgehead atoms. The first-order valence-electron chi connectivity index (χ1n) is 6.33. The van der Waals surface area contributed by atoms with E-state index in [4.69, 9.17) is 9.84 Å². The summed E-state index contributed by atoms with van der Waals surface area (Å²) in [4.78, 5) is 26.8. The van der Waals surface area contributed by atoms with E-state index in [1.807, 2.05) is 6.92 Å². The van der Waals surface area contributed by atoms with Gasteiger partial charge in [-0.2, -0.15) is 0 Å². The maximum absolute atomic E-state index is 12.0. The highest BCUT2D eigenvalue weighted by atomic mass is 16.5. The Morgan fingerprint density at radius 3 is 2.33 bits per heavy atom. The number of hydrogen-bond acceptors (Lipinski definition) is 4. The third kappa shape index (κ3) is 3.79. The number of aromatic carboxylic acids is 1. The molecule has 0 aliphatic rings. The summed E-state index contributed by atoms with van der Waals surface area (Å²) < 4.78 is 5.21. The number of carbonyl (C=O) groups is 2. The van der Waals surface area contributed by atoms with Crippen LogP contribution in [0.25, 0.3) is 0 Å². The average Bonchev–Trinajstić information content (AvgIpc) is 2.49. The van der Waals surface area contributed by atoms with E-state index < -0.39 is 5.97 Å². The van der Waals surface area contributed by atoms with Crippen LogP contribution in [0, 0.1) is 0 Å². The second-order valence-corrected chi connectivity index (χ2v) is 4.15. The van der Waals surface area contributed by atoms with Gasteiger partial charge < -0.3 is 15.2 Å². The van der Waals surface area contributed by atoms with Crippen molar-refractivity contribution >= 4 is 17.6 Å². The Balaban J connectivity index is 2.05. The third-order valence-electron chi connectivity index (χ3n) is 2.68. The van der Waals surface area contributed by atoms with Crippen molar-refractivity contribution in [3.63, 3.8) is 0 Å². The van der Waals surface area contributed by atoms with Crippen LogP contribution < -0.4 is 10.1 Å². The molecule has 0 fully saturated rings. The van der Waals surface area contributed by atoms with Crippen LogP contribution in [0.1, 0.15) is 27.6 Å². The Kier molecular flexibility index (Phi) is 4.50. The first-order valence-corrected chi connectivity index (χ1v) is 6.33. The number of aromatic nitrogens is 1. The first-order chi connectivity index (χ1) is 10.1. The average molecular weight is 286 g/mol. The Morgan fingerprint density at radius 1 is 1.14 bits per heavy atom. The number of nitrogens with zero attached hydrogens (tertiary/aromatic N) is 1. The van der Waals surface area contributed by atoms with Crippen LogP contribution >= 0.6 is 0 Å². The van der Waals surface area contributed by atoms with Crippen LogP contribution in [-0.2, 0) is 0 Å². The Morgan fingerprint density at radius 2 is 1.81 bits per heavy atom. The molecule has 0 saturated carbocycles. The van der Waals surface area contributed by atoms with E-state index >= 15 is 0 Å². The maximum atomic E-state index is 12.0. The van der Waals surface area contributed by atoms with Crippen molar-refractivity contribution in [1.82, 2.24) is 4.98 Å². The fourth-order valence-electron chi connectivity index (χ4n) is 1.65. The lowest BCUT2D eigenvalue weighted by atomic mass is 10.1. The number of amides is 1. The Labute approximate surface area is 121 Å². The highest BCUT2D eigenvalue weighted by Crippen LogP contribution is 2.13. The van der Waals surface area contributed by atoms with E-state index in [2.05, 4.69) is 10.3 Å². The van der Waals surface area contributed by atoms with E-state index in [0.29, 0.717) is 23.7 Å². The molecule has 0 atom stereocenters. The highest BCUT2D eigenvalue weighted by Gasteiger charge is 2.08. The second-order valence-electron chi connectivity index (χ2n) is 4.15. The van der Waals surface area contributed by atoms with E-state index in [1.54, 1.807) is 12.1 Å². The first kappa shape index (κ1) is 14.5. The number of hydrogen-bond donors (Lipinski definition) is 2. The monoisotopic (exact) mass is 286 g/mol. The molecule has 6 nitrogen and oxygen atoms in total. The number of nitrogens with one attached hydrogen (secondary N) is 1. The summed E-state index contributed by atoms with van der Waals surface area (Å²) in [6.07, 6.45) is 1.49. The van der Waals surface area contributed by atoms with Crippen molar-refractivity contribution in [2.45, 2.75) is 6.92 Å². The smallest absolute Gasteiger partial charge is 0.335 e. The minimum atomic E-state index is -1.03. The lowest BCUT2D eigenvalue weighted by Gasteiger charge is -2.06. The Bertz CT molecular complexity index is 636. The van der Waals surface area contributed by atoms with Crippen LogP contribution in [-0.4, -0.2) is 28.6 Å². The predicted octanol–water partition coefficient (Wildman–Crippen LogP) is 2.43. The number of carboxylic acid groups (broad SMARTS) is 1. The fourth-order valence-corrected chi connectivity index (χ4v) is 1.65. The van der Waals surface area contributed by atoms with Crippen molar-refractivity contribution in [1.29, 1.82) is 0 Å². The molecule has 0 unspecified atom stereocenters. The summed E-state index contributed by atoms with van der Waals surface area (Å²) in [7, 11) is 0. The van der Waals surface area contributed by atoms with E-state index in [0.717, 1.165) is 0 Å². The van der Waals surface area contributed by atoms with Gasteiger partial charge in [-0.3, -0.25) is 4.79 Å². The van der Waals surface area contributed by atoms with Crippen molar-refractivity contribution in [2.24, 2.45) is 0 Å². The van der Waals surface area contributed by atoms with Gasteiger partial charge >= 0.3 is 5.97 Å². The highest BCUT2D eigenvalue weighted by molar-refractivity contribution is 6.04. The number of carbonyl (C=O) groups excluding carboxylic acids is 1. The van der Waals surface area contributed by atoms with E-state index in [1.165, 1.54) is 30.5 Å².